The second-order valence-electron chi connectivity index (χ2n) is 8.83. The molecule has 0 aromatic heterocycles. The lowest BCUT2D eigenvalue weighted by molar-refractivity contribution is -0.209. The zero-order valence-electron chi connectivity index (χ0n) is 21.4. The molecule has 0 spiro atoms. The molecule has 0 aliphatic heterocycles. The van der Waals surface area contributed by atoms with Crippen molar-refractivity contribution in [2.75, 3.05) is 13.7 Å². The largest absolute Gasteiger partial charge is 0.493 e. The summed E-state index contributed by atoms with van der Waals surface area (Å²) in [7, 11) is 1.48. The Kier molecular flexibility index (Phi) is 9.96. The predicted molar refractivity (Wildman–Crippen MR) is 140 cm³/mol. The molecule has 0 fully saturated rings. The maximum absolute atomic E-state index is 12.3. The molecular formula is C30H31F3O5. The minimum Gasteiger partial charge on any atom is -0.493 e. The van der Waals surface area contributed by atoms with Gasteiger partial charge in [0.2, 0.25) is 5.75 Å². The number of hydrogen-bond acceptors (Lipinski definition) is 5. The zero-order valence-corrected chi connectivity index (χ0v) is 21.4. The molecule has 1 N–H and O–H groups in total. The molecule has 0 atom stereocenters. The number of aliphatic hydroxyl groups excluding tert-OH is 1. The number of halogens is 3. The maximum atomic E-state index is 12.3. The smallest absolute Gasteiger partial charge is 0.389 e. The lowest BCUT2D eigenvalue weighted by atomic mass is 9.93. The number of aliphatic hydroxyl groups is 1. The first-order valence-corrected chi connectivity index (χ1v) is 12.3. The van der Waals surface area contributed by atoms with Crippen molar-refractivity contribution in [2.24, 2.45) is 0 Å². The van der Waals surface area contributed by atoms with Crippen LogP contribution in [0.1, 0.15) is 37.3 Å². The number of benzene rings is 3. The first-order chi connectivity index (χ1) is 18.1. The molecule has 0 saturated carbocycles. The average molecular weight is 529 g/mol. The van der Waals surface area contributed by atoms with E-state index in [1.54, 1.807) is 12.1 Å². The molecule has 8 heteroatoms. The van der Waals surface area contributed by atoms with Gasteiger partial charge >= 0.3 is 12.1 Å². The van der Waals surface area contributed by atoms with Crippen molar-refractivity contribution in [1.29, 1.82) is 0 Å². The van der Waals surface area contributed by atoms with Gasteiger partial charge in [0, 0.05) is 6.42 Å². The van der Waals surface area contributed by atoms with E-state index < -0.39 is 25.2 Å². The van der Waals surface area contributed by atoms with Crippen molar-refractivity contribution < 1.29 is 37.6 Å². The molecule has 0 aliphatic carbocycles. The number of methoxy groups -OCH3 is 1. The van der Waals surface area contributed by atoms with Crippen LogP contribution in [-0.4, -0.2) is 31.0 Å². The van der Waals surface area contributed by atoms with E-state index in [9.17, 15) is 18.0 Å². The second-order valence-corrected chi connectivity index (χ2v) is 8.83. The molecule has 5 nitrogen and oxygen atoms in total. The van der Waals surface area contributed by atoms with Crippen LogP contribution in [0.4, 0.5) is 13.2 Å². The number of carbonyl (C=O) groups excluding carboxylic acids is 1. The van der Waals surface area contributed by atoms with Crippen molar-refractivity contribution in [2.45, 2.75) is 45.2 Å². The van der Waals surface area contributed by atoms with Gasteiger partial charge in [0.15, 0.2) is 5.75 Å². The Labute approximate surface area is 220 Å². The van der Waals surface area contributed by atoms with E-state index in [4.69, 9.17) is 19.6 Å². The fourth-order valence-electron chi connectivity index (χ4n) is 3.98. The summed E-state index contributed by atoms with van der Waals surface area (Å²) in [5.41, 5.74) is 5.95. The van der Waals surface area contributed by atoms with Gasteiger partial charge in [-0.05, 0) is 71.2 Å². The van der Waals surface area contributed by atoms with Crippen LogP contribution >= 0.6 is 0 Å². The highest BCUT2D eigenvalue weighted by Gasteiger charge is 2.25. The molecule has 0 unspecified atom stereocenters. The fourth-order valence-corrected chi connectivity index (χ4v) is 3.98. The highest BCUT2D eigenvalue weighted by atomic mass is 19.4. The minimum absolute atomic E-state index is 0.134. The maximum Gasteiger partial charge on any atom is 0.389 e. The lowest BCUT2D eigenvalue weighted by Gasteiger charge is -2.14. The van der Waals surface area contributed by atoms with Gasteiger partial charge in [-0.2, -0.15) is 13.2 Å². The number of hydrogen-bond donors (Lipinski definition) is 1. The van der Waals surface area contributed by atoms with Gasteiger partial charge in [-0.25, -0.2) is 9.68 Å². The second kappa shape index (κ2) is 13.1. The number of rotatable bonds is 12. The van der Waals surface area contributed by atoms with Gasteiger partial charge in [0.25, 0.3) is 0 Å². The summed E-state index contributed by atoms with van der Waals surface area (Å²) < 4.78 is 42.4. The van der Waals surface area contributed by atoms with Gasteiger partial charge in [-0.1, -0.05) is 62.0 Å². The van der Waals surface area contributed by atoms with E-state index in [0.29, 0.717) is 18.6 Å². The summed E-state index contributed by atoms with van der Waals surface area (Å²) in [5.74, 6) is -0.317. The summed E-state index contributed by atoms with van der Waals surface area (Å²) in [5, 5.41) is 8.97. The van der Waals surface area contributed by atoms with Crippen molar-refractivity contribution in [3.8, 4) is 33.8 Å². The molecule has 0 bridgehead atoms. The number of alkyl halides is 3. The van der Waals surface area contributed by atoms with Crippen molar-refractivity contribution in [1.82, 2.24) is 0 Å². The first kappa shape index (κ1) is 28.8. The average Bonchev–Trinajstić information content (AvgIpc) is 2.92. The fraction of sp³-hybridized carbons (Fsp3) is 0.300. The number of ether oxygens (including phenoxy) is 1. The van der Waals surface area contributed by atoms with Crippen LogP contribution in [0.5, 0.6) is 11.5 Å². The van der Waals surface area contributed by atoms with Gasteiger partial charge < -0.3 is 9.84 Å². The SMILES string of the molecule is C=C(CO)C(=O)OOc1ccc(-c2ccc(-c3ccc(CCCCC(F)(F)F)cc3)cc2CC)cc1OC. The molecule has 3 rings (SSSR count). The Morgan fingerprint density at radius 3 is 2.24 bits per heavy atom. The van der Waals surface area contributed by atoms with Gasteiger partial charge in [-0.3, -0.25) is 4.89 Å². The zero-order chi connectivity index (χ0) is 27.7. The third-order valence-corrected chi connectivity index (χ3v) is 6.11. The Hall–Kier alpha value is -3.78. The summed E-state index contributed by atoms with van der Waals surface area (Å²) in [6.45, 7) is 4.91. The van der Waals surface area contributed by atoms with Crippen molar-refractivity contribution in [3.63, 3.8) is 0 Å². The molecular weight excluding hydrogens is 497 g/mol. The summed E-state index contributed by atoms with van der Waals surface area (Å²) >= 11 is 0. The van der Waals surface area contributed by atoms with E-state index in [-0.39, 0.29) is 17.7 Å². The van der Waals surface area contributed by atoms with Gasteiger partial charge in [0.1, 0.15) is 0 Å². The van der Waals surface area contributed by atoms with E-state index >= 15 is 0 Å². The lowest BCUT2D eigenvalue weighted by Crippen LogP contribution is -2.12. The Morgan fingerprint density at radius 1 is 0.921 bits per heavy atom. The predicted octanol–water partition coefficient (Wildman–Crippen LogP) is 7.25. The van der Waals surface area contributed by atoms with E-state index in [1.165, 1.54) is 7.11 Å². The third kappa shape index (κ3) is 7.86. The van der Waals surface area contributed by atoms with Crippen LogP contribution in [0.2, 0.25) is 0 Å². The van der Waals surface area contributed by atoms with E-state index in [0.717, 1.165) is 39.8 Å². The molecule has 0 aliphatic rings. The van der Waals surface area contributed by atoms with Crippen LogP contribution in [0, 0.1) is 0 Å². The molecule has 0 amide bonds. The molecule has 0 radical (unpaired) electrons. The van der Waals surface area contributed by atoms with Crippen molar-refractivity contribution in [3.05, 3.63) is 83.9 Å². The topological polar surface area (TPSA) is 65.0 Å². The van der Waals surface area contributed by atoms with Gasteiger partial charge in [-0.15, -0.1) is 0 Å². The Morgan fingerprint density at radius 2 is 1.61 bits per heavy atom. The summed E-state index contributed by atoms with van der Waals surface area (Å²) in [6, 6.07) is 19.3. The van der Waals surface area contributed by atoms with E-state index in [1.807, 2.05) is 42.5 Å². The molecule has 3 aromatic rings. The number of aryl methyl sites for hydroxylation is 2. The van der Waals surface area contributed by atoms with Crippen LogP contribution in [-0.2, 0) is 22.5 Å². The highest BCUT2D eigenvalue weighted by molar-refractivity contribution is 5.87. The highest BCUT2D eigenvalue weighted by Crippen LogP contribution is 2.36. The van der Waals surface area contributed by atoms with Crippen LogP contribution in [0.15, 0.2) is 72.8 Å². The monoisotopic (exact) mass is 528 g/mol. The van der Waals surface area contributed by atoms with Crippen LogP contribution < -0.4 is 9.62 Å². The summed E-state index contributed by atoms with van der Waals surface area (Å²) in [6.07, 6.45) is -2.81. The Balaban J connectivity index is 1.74. The quantitative estimate of drug-likeness (QED) is 0.116. The number of carbonyl (C=O) groups is 1. The van der Waals surface area contributed by atoms with Crippen LogP contribution in [0.25, 0.3) is 22.3 Å². The molecule has 0 saturated heterocycles. The normalized spacial score (nSPS) is 11.2. The van der Waals surface area contributed by atoms with Crippen LogP contribution in [0.3, 0.4) is 0 Å². The third-order valence-electron chi connectivity index (χ3n) is 6.11. The van der Waals surface area contributed by atoms with Crippen molar-refractivity contribution >= 4 is 5.97 Å². The van der Waals surface area contributed by atoms with E-state index in [2.05, 4.69) is 19.6 Å². The molecule has 0 heterocycles. The molecule has 202 valence electrons. The molecule has 3 aromatic carbocycles. The number of unbranched alkanes of at least 4 members (excludes halogenated alkanes) is 1. The standard InChI is InChI=1S/C30H31F3O5/c1-4-22-17-24(23-10-8-21(9-11-23)7-5-6-16-30(31,32)33)12-14-26(22)25-13-15-27(28(18-25)36-3)37-38-29(35)20(2)19-34/h8-15,17-18,34H,2,4-7,16,19H2,1,3H3. The Bertz CT molecular complexity index is 1250. The van der Waals surface area contributed by atoms with Gasteiger partial charge in [0.05, 0.1) is 19.3 Å². The summed E-state index contributed by atoms with van der Waals surface area (Å²) in [4.78, 5) is 21.5. The molecule has 38 heavy (non-hydrogen) atoms. The minimum atomic E-state index is -4.10. The first-order valence-electron chi connectivity index (χ1n) is 12.3.